The van der Waals surface area contributed by atoms with Crippen molar-refractivity contribution in [1.82, 2.24) is 5.32 Å². The highest BCUT2D eigenvalue weighted by Crippen LogP contribution is 2.41. The van der Waals surface area contributed by atoms with Crippen LogP contribution in [-0.2, 0) is 19.4 Å². The molecule has 1 aliphatic rings. The van der Waals surface area contributed by atoms with Gasteiger partial charge in [0.25, 0.3) is 0 Å². The number of ether oxygens (including phenoxy) is 1. The summed E-state index contributed by atoms with van der Waals surface area (Å²) in [4.78, 5) is 16.7. The minimum absolute atomic E-state index is 0.107. The van der Waals surface area contributed by atoms with Crippen molar-refractivity contribution in [3.8, 4) is 5.75 Å². The fourth-order valence-corrected chi connectivity index (χ4v) is 6.61. The van der Waals surface area contributed by atoms with E-state index in [0.717, 1.165) is 48.8 Å². The van der Waals surface area contributed by atoms with E-state index in [4.69, 9.17) is 14.3 Å². The van der Waals surface area contributed by atoms with Gasteiger partial charge in [-0.15, -0.1) is 0 Å². The van der Waals surface area contributed by atoms with Crippen LogP contribution in [0.3, 0.4) is 0 Å². The van der Waals surface area contributed by atoms with Gasteiger partial charge in [-0.3, -0.25) is 5.32 Å². The third-order valence-electron chi connectivity index (χ3n) is 6.28. The maximum atomic E-state index is 13.7. The van der Waals surface area contributed by atoms with Crippen LogP contribution in [0, 0.1) is 0 Å². The lowest BCUT2D eigenvalue weighted by molar-refractivity contribution is -0.191. The molecule has 0 saturated heterocycles. The van der Waals surface area contributed by atoms with Gasteiger partial charge in [-0.1, -0.05) is 76.1 Å². The highest BCUT2D eigenvalue weighted by Gasteiger charge is 2.42. The number of carbonyl (C=O) groups excluding carboxylic acids is 2. The number of nitrogens with one attached hydrogen (secondary N) is 1. The summed E-state index contributed by atoms with van der Waals surface area (Å²) >= 11 is 0. The summed E-state index contributed by atoms with van der Waals surface area (Å²) in [5.41, 5.74) is 2.16. The van der Waals surface area contributed by atoms with Crippen molar-refractivity contribution in [3.63, 3.8) is 0 Å². The van der Waals surface area contributed by atoms with Gasteiger partial charge in [-0.25, -0.2) is 8.42 Å². The molecule has 0 radical (unpaired) electrons. The molecule has 1 N–H and O–H groups in total. The molecule has 2 aromatic carbocycles. The number of methoxy groups -OCH3 is 1. The molecule has 1 heterocycles. The third-order valence-corrected chi connectivity index (χ3v) is 8.23. The first-order valence-corrected chi connectivity index (χ1v) is 13.4. The quantitative estimate of drug-likeness (QED) is 0.543. The van der Waals surface area contributed by atoms with E-state index in [9.17, 15) is 8.42 Å². The third kappa shape index (κ3) is 6.44. The molecule has 1 aliphatic heterocycles. The fraction of sp³-hybridized carbons (Fsp3) is 0.444. The van der Waals surface area contributed by atoms with Crippen LogP contribution in [0.25, 0.3) is 6.08 Å². The van der Waals surface area contributed by atoms with Crippen LogP contribution >= 0.6 is 0 Å². The van der Waals surface area contributed by atoms with E-state index in [1.165, 1.54) is 0 Å². The lowest BCUT2D eigenvalue weighted by Gasteiger charge is -2.36. The Morgan fingerprint density at radius 3 is 2.38 bits per heavy atom. The summed E-state index contributed by atoms with van der Waals surface area (Å²) < 4.78 is 33.1. The summed E-state index contributed by atoms with van der Waals surface area (Å²) in [7, 11) is -1.86. The molecular weight excluding hydrogens is 450 g/mol. The van der Waals surface area contributed by atoms with Crippen molar-refractivity contribution >= 4 is 22.1 Å². The van der Waals surface area contributed by atoms with E-state index in [-0.39, 0.29) is 17.9 Å². The van der Waals surface area contributed by atoms with Gasteiger partial charge in [0.05, 0.1) is 23.8 Å². The van der Waals surface area contributed by atoms with E-state index in [1.54, 1.807) is 13.2 Å². The number of hydrogen-bond donors (Lipinski definition) is 1. The molecule has 0 unspecified atom stereocenters. The van der Waals surface area contributed by atoms with Gasteiger partial charge >= 0.3 is 6.15 Å². The minimum atomic E-state index is -3.49. The molecule has 0 bridgehead atoms. The predicted molar refractivity (Wildman–Crippen MR) is 133 cm³/mol. The maximum Gasteiger partial charge on any atom is 0.373 e. The predicted octanol–water partition coefficient (Wildman–Crippen LogP) is 5.34. The molecule has 0 spiro atoms. The number of allylic oxidation sites excluding steroid dienone is 1. The maximum absolute atomic E-state index is 13.7. The number of sulfone groups is 1. The Morgan fingerprint density at radius 2 is 1.82 bits per heavy atom. The standard InChI is InChI=1S/C26H35NO3S.CO2/c1-5-8-13-21-17-24-22(18-23(21)30-4)25(20-14-11-10-12-15-20)27-26(7-3,16-9-6-2)19-31(24,28)29;2-1-3/h8,10-15,17-18,25,27H,5-7,9,16,19H2,1-4H3;/b13-8+;/t25-,26-;/m1./s1. The summed E-state index contributed by atoms with van der Waals surface area (Å²) in [6.07, 6.45) is 8.71. The van der Waals surface area contributed by atoms with Gasteiger partial charge in [-0.2, -0.15) is 9.59 Å². The summed E-state index contributed by atoms with van der Waals surface area (Å²) in [6, 6.07) is 13.6. The zero-order valence-corrected chi connectivity index (χ0v) is 21.3. The van der Waals surface area contributed by atoms with Crippen LogP contribution in [0.1, 0.15) is 75.6 Å². The SMILES string of the molecule is CC/C=C/c1cc2c(cc1OC)[C@@H](c1ccccc1)N[C@](CC)(CCCC)CS2(=O)=O.O=C=O. The molecule has 0 aromatic heterocycles. The van der Waals surface area contributed by atoms with E-state index >= 15 is 0 Å². The van der Waals surface area contributed by atoms with Crippen molar-refractivity contribution in [2.24, 2.45) is 0 Å². The van der Waals surface area contributed by atoms with Crippen LogP contribution in [0.5, 0.6) is 5.75 Å². The number of fused-ring (bicyclic) bond motifs is 1. The van der Waals surface area contributed by atoms with Crippen LogP contribution in [0.15, 0.2) is 53.4 Å². The van der Waals surface area contributed by atoms with Crippen LogP contribution in [0.4, 0.5) is 0 Å². The first-order chi connectivity index (χ1) is 16.3. The molecule has 2 atom stereocenters. The Bertz CT molecular complexity index is 1110. The Balaban J connectivity index is 0.00000129. The van der Waals surface area contributed by atoms with Crippen molar-refractivity contribution < 1.29 is 22.7 Å². The number of hydrogen-bond acceptors (Lipinski definition) is 6. The molecule has 6 nitrogen and oxygen atoms in total. The summed E-state index contributed by atoms with van der Waals surface area (Å²) in [5, 5.41) is 3.80. The monoisotopic (exact) mass is 485 g/mol. The second-order valence-electron chi connectivity index (χ2n) is 8.51. The highest BCUT2D eigenvalue weighted by molar-refractivity contribution is 7.91. The van der Waals surface area contributed by atoms with Crippen molar-refractivity contribution in [2.45, 2.75) is 69.4 Å². The lowest BCUT2D eigenvalue weighted by Crippen LogP contribution is -2.50. The van der Waals surface area contributed by atoms with Gasteiger partial charge in [0.2, 0.25) is 0 Å². The summed E-state index contributed by atoms with van der Waals surface area (Å²) in [5.74, 6) is 0.801. The van der Waals surface area contributed by atoms with E-state index in [1.807, 2.05) is 36.4 Å². The van der Waals surface area contributed by atoms with Gasteiger partial charge < -0.3 is 4.74 Å². The van der Waals surface area contributed by atoms with E-state index in [2.05, 4.69) is 38.2 Å². The molecule has 2 aromatic rings. The van der Waals surface area contributed by atoms with Crippen molar-refractivity contribution in [2.75, 3.05) is 12.9 Å². The smallest absolute Gasteiger partial charge is 0.373 e. The largest absolute Gasteiger partial charge is 0.496 e. The molecule has 0 amide bonds. The Hall–Kier alpha value is -2.73. The zero-order valence-electron chi connectivity index (χ0n) is 20.5. The topological polar surface area (TPSA) is 89.5 Å². The minimum Gasteiger partial charge on any atom is -0.496 e. The first-order valence-electron chi connectivity index (χ1n) is 11.7. The summed E-state index contributed by atoms with van der Waals surface area (Å²) in [6.45, 7) is 6.29. The fourth-order valence-electron chi connectivity index (χ4n) is 4.45. The lowest BCUT2D eigenvalue weighted by atomic mass is 9.88. The van der Waals surface area contributed by atoms with Crippen molar-refractivity contribution in [3.05, 3.63) is 65.2 Å². The van der Waals surface area contributed by atoms with Gasteiger partial charge in [0.1, 0.15) is 5.75 Å². The van der Waals surface area contributed by atoms with Crippen LogP contribution in [-0.4, -0.2) is 33.0 Å². The molecule has 3 rings (SSSR count). The number of benzene rings is 2. The number of unbranched alkanes of at least 4 members (excludes halogenated alkanes) is 1. The molecule has 184 valence electrons. The molecule has 7 heteroatoms. The van der Waals surface area contributed by atoms with Gasteiger partial charge in [0.15, 0.2) is 9.84 Å². The van der Waals surface area contributed by atoms with E-state index < -0.39 is 15.4 Å². The van der Waals surface area contributed by atoms with Crippen molar-refractivity contribution in [1.29, 1.82) is 0 Å². The Kier molecular flexibility index (Phi) is 10.2. The molecule has 0 fully saturated rings. The first kappa shape index (κ1) is 27.5. The van der Waals surface area contributed by atoms with E-state index in [0.29, 0.717) is 10.6 Å². The highest BCUT2D eigenvalue weighted by atomic mass is 32.2. The molecule has 0 aliphatic carbocycles. The second-order valence-corrected chi connectivity index (χ2v) is 10.5. The second kappa shape index (κ2) is 12.7. The molecule has 34 heavy (non-hydrogen) atoms. The average Bonchev–Trinajstić information content (AvgIpc) is 2.94. The van der Waals surface area contributed by atoms with Crippen LogP contribution in [0.2, 0.25) is 0 Å². The normalized spacial score (nSPS) is 21.0. The van der Waals surface area contributed by atoms with Gasteiger partial charge in [0, 0.05) is 11.1 Å². The Labute approximate surface area is 203 Å². The zero-order chi connectivity index (χ0) is 25.2. The van der Waals surface area contributed by atoms with Gasteiger partial charge in [-0.05, 0) is 42.5 Å². The van der Waals surface area contributed by atoms with Crippen LogP contribution < -0.4 is 10.1 Å². The number of rotatable bonds is 8. The molecule has 0 saturated carbocycles. The molecular formula is C27H35NO5S. The average molecular weight is 486 g/mol. The Morgan fingerprint density at radius 1 is 1.15 bits per heavy atom.